The molecule has 0 heterocycles. The standard InChI is InChI=1S/C12H12ClNO3/c1-3-7(4-2)17-11-6-10(14)9(13)5-8(11)12(15)16/h1,5-7H,4,14H2,2H3,(H,15,16). The van der Waals surface area contributed by atoms with Crippen molar-refractivity contribution in [3.8, 4) is 18.1 Å². The van der Waals surface area contributed by atoms with Crippen molar-refractivity contribution in [1.82, 2.24) is 0 Å². The number of terminal acetylenes is 1. The number of hydrogen-bond donors (Lipinski definition) is 2. The molecule has 0 aromatic heterocycles. The van der Waals surface area contributed by atoms with Crippen LogP contribution in [0.25, 0.3) is 0 Å². The van der Waals surface area contributed by atoms with Crippen LogP contribution in [0.2, 0.25) is 5.02 Å². The molecule has 90 valence electrons. The Bertz CT molecular complexity index is 479. The first-order chi connectivity index (χ1) is 7.99. The van der Waals surface area contributed by atoms with Gasteiger partial charge < -0.3 is 15.6 Å². The fourth-order valence-corrected chi connectivity index (χ4v) is 1.39. The number of carbonyl (C=O) groups is 1. The first-order valence-electron chi connectivity index (χ1n) is 4.94. The molecule has 0 spiro atoms. The third-order valence-electron chi connectivity index (χ3n) is 2.16. The fourth-order valence-electron chi connectivity index (χ4n) is 1.22. The molecule has 0 amide bonds. The van der Waals surface area contributed by atoms with Crippen molar-refractivity contribution in [2.24, 2.45) is 0 Å². The number of nitrogens with two attached hydrogens (primary N) is 1. The van der Waals surface area contributed by atoms with E-state index in [2.05, 4.69) is 5.92 Å². The Balaban J connectivity index is 3.18. The van der Waals surface area contributed by atoms with Crippen molar-refractivity contribution < 1.29 is 14.6 Å². The van der Waals surface area contributed by atoms with Gasteiger partial charge in [-0.05, 0) is 12.5 Å². The summed E-state index contributed by atoms with van der Waals surface area (Å²) in [7, 11) is 0. The predicted octanol–water partition coefficient (Wildman–Crippen LogP) is 2.41. The summed E-state index contributed by atoms with van der Waals surface area (Å²) in [6, 6.07) is 2.61. The Hall–Kier alpha value is -1.86. The highest BCUT2D eigenvalue weighted by Crippen LogP contribution is 2.29. The van der Waals surface area contributed by atoms with Crippen LogP contribution in [0.4, 0.5) is 5.69 Å². The lowest BCUT2D eigenvalue weighted by molar-refractivity contribution is 0.0691. The molecule has 0 saturated carbocycles. The highest BCUT2D eigenvalue weighted by molar-refractivity contribution is 6.33. The third-order valence-corrected chi connectivity index (χ3v) is 2.48. The summed E-state index contributed by atoms with van der Waals surface area (Å²) in [5.41, 5.74) is 5.78. The number of ether oxygens (including phenoxy) is 1. The zero-order chi connectivity index (χ0) is 13.0. The zero-order valence-electron chi connectivity index (χ0n) is 9.24. The minimum Gasteiger partial charge on any atom is -0.478 e. The Kier molecular flexibility index (Phi) is 4.24. The van der Waals surface area contributed by atoms with E-state index in [1.807, 2.05) is 6.92 Å². The van der Waals surface area contributed by atoms with Crippen LogP contribution in [0.1, 0.15) is 23.7 Å². The maximum Gasteiger partial charge on any atom is 0.339 e. The predicted molar refractivity (Wildman–Crippen MR) is 66.4 cm³/mol. The van der Waals surface area contributed by atoms with Crippen LogP contribution in [0, 0.1) is 12.3 Å². The van der Waals surface area contributed by atoms with E-state index in [-0.39, 0.29) is 22.0 Å². The van der Waals surface area contributed by atoms with Gasteiger partial charge in [0.2, 0.25) is 0 Å². The maximum atomic E-state index is 11.0. The smallest absolute Gasteiger partial charge is 0.339 e. The monoisotopic (exact) mass is 253 g/mol. The molecule has 17 heavy (non-hydrogen) atoms. The number of anilines is 1. The molecule has 0 saturated heterocycles. The van der Waals surface area contributed by atoms with E-state index in [0.29, 0.717) is 6.42 Å². The van der Waals surface area contributed by atoms with Crippen LogP contribution >= 0.6 is 11.6 Å². The SMILES string of the molecule is C#CC(CC)Oc1cc(N)c(Cl)cc1C(=O)O. The summed E-state index contributed by atoms with van der Waals surface area (Å²) in [4.78, 5) is 11.0. The summed E-state index contributed by atoms with van der Waals surface area (Å²) < 4.78 is 5.39. The lowest BCUT2D eigenvalue weighted by atomic mass is 10.1. The van der Waals surface area contributed by atoms with E-state index in [4.69, 9.17) is 33.6 Å². The van der Waals surface area contributed by atoms with Gasteiger partial charge in [-0.15, -0.1) is 6.42 Å². The lowest BCUT2D eigenvalue weighted by Crippen LogP contribution is -2.15. The van der Waals surface area contributed by atoms with Gasteiger partial charge in [-0.2, -0.15) is 0 Å². The second kappa shape index (κ2) is 5.46. The van der Waals surface area contributed by atoms with Crippen LogP contribution in [0.3, 0.4) is 0 Å². The summed E-state index contributed by atoms with van der Waals surface area (Å²) in [5, 5.41) is 9.18. The minimum atomic E-state index is -1.14. The molecule has 3 N–H and O–H groups in total. The number of hydrogen-bond acceptors (Lipinski definition) is 3. The topological polar surface area (TPSA) is 72.5 Å². The fraction of sp³-hybridized carbons (Fsp3) is 0.250. The molecule has 4 nitrogen and oxygen atoms in total. The van der Waals surface area contributed by atoms with Gasteiger partial charge in [0.05, 0.1) is 10.7 Å². The number of carboxylic acid groups (broad SMARTS) is 1. The molecule has 0 bridgehead atoms. The van der Waals surface area contributed by atoms with Crippen LogP contribution < -0.4 is 10.5 Å². The van der Waals surface area contributed by atoms with Gasteiger partial charge >= 0.3 is 5.97 Å². The van der Waals surface area contributed by atoms with Gasteiger partial charge in [-0.1, -0.05) is 24.4 Å². The average Bonchev–Trinajstić information content (AvgIpc) is 2.29. The first kappa shape index (κ1) is 13.2. The number of halogens is 1. The van der Waals surface area contributed by atoms with E-state index < -0.39 is 12.1 Å². The summed E-state index contributed by atoms with van der Waals surface area (Å²) in [6.45, 7) is 1.84. The van der Waals surface area contributed by atoms with Crippen molar-refractivity contribution >= 4 is 23.3 Å². The molecule has 0 aliphatic heterocycles. The van der Waals surface area contributed by atoms with Crippen molar-refractivity contribution in [3.63, 3.8) is 0 Å². The molecule has 1 aromatic carbocycles. The van der Waals surface area contributed by atoms with E-state index in [0.717, 1.165) is 0 Å². The number of rotatable bonds is 4. The van der Waals surface area contributed by atoms with E-state index in [1.165, 1.54) is 12.1 Å². The molecule has 0 aliphatic rings. The first-order valence-corrected chi connectivity index (χ1v) is 5.32. The molecule has 0 radical (unpaired) electrons. The van der Waals surface area contributed by atoms with Crippen LogP contribution in [0.15, 0.2) is 12.1 Å². The Morgan fingerprint density at radius 3 is 2.82 bits per heavy atom. The summed E-state index contributed by atoms with van der Waals surface area (Å²) >= 11 is 5.75. The molecular formula is C12H12ClNO3. The van der Waals surface area contributed by atoms with Gasteiger partial charge in [-0.25, -0.2) is 4.79 Å². The van der Waals surface area contributed by atoms with Gasteiger partial charge in [-0.3, -0.25) is 0 Å². The highest BCUT2D eigenvalue weighted by Gasteiger charge is 2.16. The molecule has 0 aliphatic carbocycles. The van der Waals surface area contributed by atoms with Gasteiger partial charge in [0.25, 0.3) is 0 Å². The number of nitrogen functional groups attached to an aromatic ring is 1. The third kappa shape index (κ3) is 3.05. The van der Waals surface area contributed by atoms with Crippen molar-refractivity contribution in [2.45, 2.75) is 19.4 Å². The minimum absolute atomic E-state index is 0.0575. The second-order valence-corrected chi connectivity index (χ2v) is 3.76. The maximum absolute atomic E-state index is 11.0. The van der Waals surface area contributed by atoms with E-state index in [1.54, 1.807) is 0 Å². The Morgan fingerprint density at radius 1 is 1.71 bits per heavy atom. The zero-order valence-corrected chi connectivity index (χ0v) is 9.99. The van der Waals surface area contributed by atoms with Crippen LogP contribution in [-0.2, 0) is 0 Å². The van der Waals surface area contributed by atoms with Crippen molar-refractivity contribution in [1.29, 1.82) is 0 Å². The Labute approximate surface area is 104 Å². The van der Waals surface area contributed by atoms with Crippen molar-refractivity contribution in [3.05, 3.63) is 22.7 Å². The van der Waals surface area contributed by atoms with Crippen LogP contribution in [0.5, 0.6) is 5.75 Å². The number of aromatic carboxylic acids is 1. The number of carboxylic acids is 1. The average molecular weight is 254 g/mol. The molecule has 1 unspecified atom stereocenters. The molecular weight excluding hydrogens is 242 g/mol. The molecule has 0 fully saturated rings. The summed E-state index contributed by atoms with van der Waals surface area (Å²) in [6.07, 6.45) is 5.32. The molecule has 1 rings (SSSR count). The largest absolute Gasteiger partial charge is 0.478 e. The quantitative estimate of drug-likeness (QED) is 0.638. The summed E-state index contributed by atoms with van der Waals surface area (Å²) in [5.74, 6) is 1.40. The van der Waals surface area contributed by atoms with Gasteiger partial charge in [0.1, 0.15) is 11.3 Å². The van der Waals surface area contributed by atoms with Crippen LogP contribution in [-0.4, -0.2) is 17.2 Å². The molecule has 1 aromatic rings. The molecule has 5 heteroatoms. The Morgan fingerprint density at radius 2 is 2.35 bits per heavy atom. The van der Waals surface area contributed by atoms with Gasteiger partial charge in [0, 0.05) is 6.07 Å². The van der Waals surface area contributed by atoms with E-state index in [9.17, 15) is 4.79 Å². The second-order valence-electron chi connectivity index (χ2n) is 3.36. The molecule has 1 atom stereocenters. The highest BCUT2D eigenvalue weighted by atomic mass is 35.5. The number of benzene rings is 1. The van der Waals surface area contributed by atoms with Crippen molar-refractivity contribution in [2.75, 3.05) is 5.73 Å². The van der Waals surface area contributed by atoms with Gasteiger partial charge in [0.15, 0.2) is 6.10 Å². The van der Waals surface area contributed by atoms with E-state index >= 15 is 0 Å². The lowest BCUT2D eigenvalue weighted by Gasteiger charge is -2.14. The normalized spacial score (nSPS) is 11.6.